The molecule has 7 heteroatoms. The van der Waals surface area contributed by atoms with Gasteiger partial charge < -0.3 is 19.3 Å². The number of benzene rings is 2. The summed E-state index contributed by atoms with van der Waals surface area (Å²) in [7, 11) is 0. The molecule has 0 aliphatic heterocycles. The second-order valence-electron chi connectivity index (χ2n) is 5.12. The lowest BCUT2D eigenvalue weighted by molar-refractivity contribution is -0.123. The van der Waals surface area contributed by atoms with E-state index in [1.807, 2.05) is 19.9 Å². The average molecular weight is 358 g/mol. The maximum atomic E-state index is 11.8. The van der Waals surface area contributed by atoms with E-state index in [-0.39, 0.29) is 12.4 Å². The molecule has 7 nitrogen and oxygen atoms in total. The van der Waals surface area contributed by atoms with Crippen molar-refractivity contribution in [3.05, 3.63) is 48.0 Å². The number of nitrogens with zero attached hydrogens (tertiary/aromatic N) is 1. The number of nitrogens with one attached hydrogen (secondary N) is 1. The zero-order chi connectivity index (χ0) is 18.8. The molecule has 2 rings (SSSR count). The molecule has 0 aromatic heterocycles. The Kier molecular flexibility index (Phi) is 7.30. The molecular weight excluding hydrogens is 336 g/mol. The molecular formula is C19H22N2O5. The van der Waals surface area contributed by atoms with Crippen LogP contribution >= 0.6 is 0 Å². The van der Waals surface area contributed by atoms with Crippen LogP contribution in [0.15, 0.2) is 47.6 Å². The quantitative estimate of drug-likeness (QED) is 0.531. The predicted molar refractivity (Wildman–Crippen MR) is 98.1 cm³/mol. The highest BCUT2D eigenvalue weighted by Crippen LogP contribution is 2.26. The molecule has 2 aromatic carbocycles. The van der Waals surface area contributed by atoms with Gasteiger partial charge in [-0.3, -0.25) is 4.79 Å². The molecule has 0 unspecified atom stereocenters. The van der Waals surface area contributed by atoms with Crippen LogP contribution in [0.4, 0.5) is 0 Å². The Balaban J connectivity index is 1.86. The average Bonchev–Trinajstić information content (AvgIpc) is 2.63. The van der Waals surface area contributed by atoms with Crippen LogP contribution in [0.3, 0.4) is 0 Å². The number of ether oxygens (including phenoxy) is 3. The normalized spacial score (nSPS) is 10.5. The van der Waals surface area contributed by atoms with Gasteiger partial charge in [-0.2, -0.15) is 5.10 Å². The number of rotatable bonds is 9. The van der Waals surface area contributed by atoms with Crippen LogP contribution in [-0.2, 0) is 4.79 Å². The summed E-state index contributed by atoms with van der Waals surface area (Å²) < 4.78 is 16.2. The Hall–Kier alpha value is -3.22. The predicted octanol–water partition coefficient (Wildman–Crippen LogP) is 2.72. The van der Waals surface area contributed by atoms with Gasteiger partial charge in [-0.15, -0.1) is 0 Å². The Morgan fingerprint density at radius 2 is 1.77 bits per heavy atom. The summed E-state index contributed by atoms with van der Waals surface area (Å²) in [5.41, 5.74) is 2.80. The molecule has 0 radical (unpaired) electrons. The van der Waals surface area contributed by atoms with E-state index in [0.717, 1.165) is 0 Å². The number of carbonyl (C=O) groups is 1. The van der Waals surface area contributed by atoms with Gasteiger partial charge in [0, 0.05) is 11.6 Å². The van der Waals surface area contributed by atoms with Gasteiger partial charge in [0.1, 0.15) is 11.5 Å². The zero-order valence-electron chi connectivity index (χ0n) is 14.8. The number of hydrazone groups is 1. The third kappa shape index (κ3) is 5.70. The van der Waals surface area contributed by atoms with Crippen LogP contribution in [0.1, 0.15) is 19.4 Å². The van der Waals surface area contributed by atoms with Crippen molar-refractivity contribution in [2.75, 3.05) is 19.8 Å². The number of para-hydroxylation sites is 2. The molecule has 0 aliphatic carbocycles. The van der Waals surface area contributed by atoms with E-state index in [2.05, 4.69) is 10.5 Å². The monoisotopic (exact) mass is 358 g/mol. The number of phenols is 1. The minimum absolute atomic E-state index is 0.0100. The summed E-state index contributed by atoms with van der Waals surface area (Å²) in [5, 5.41) is 13.7. The lowest BCUT2D eigenvalue weighted by Gasteiger charge is -2.10. The van der Waals surface area contributed by atoms with E-state index in [0.29, 0.717) is 36.0 Å². The first kappa shape index (κ1) is 19.1. The summed E-state index contributed by atoms with van der Waals surface area (Å²) in [4.78, 5) is 11.8. The van der Waals surface area contributed by atoms with E-state index in [9.17, 15) is 9.90 Å². The number of hydrogen-bond acceptors (Lipinski definition) is 6. The van der Waals surface area contributed by atoms with E-state index in [1.165, 1.54) is 12.3 Å². The summed E-state index contributed by atoms with van der Waals surface area (Å²) in [6.45, 7) is 4.53. The van der Waals surface area contributed by atoms with Crippen molar-refractivity contribution >= 4 is 12.1 Å². The van der Waals surface area contributed by atoms with Gasteiger partial charge >= 0.3 is 0 Å². The van der Waals surface area contributed by atoms with Crippen LogP contribution in [0, 0.1) is 0 Å². The topological polar surface area (TPSA) is 89.4 Å². The molecule has 0 aliphatic rings. The Bertz CT molecular complexity index is 761. The molecule has 2 aromatic rings. The standard InChI is InChI=1S/C19H22N2O5/c1-3-24-15-10-9-14(16(22)11-15)12-20-21-19(23)13-26-18-8-6-5-7-17(18)25-4-2/h5-12,22H,3-4,13H2,1-2H3,(H,21,23)/b20-12+. The van der Waals surface area contributed by atoms with Gasteiger partial charge in [0.05, 0.1) is 19.4 Å². The fraction of sp³-hybridized carbons (Fsp3) is 0.263. The molecule has 0 saturated heterocycles. The molecule has 26 heavy (non-hydrogen) atoms. The van der Waals surface area contributed by atoms with Crippen LogP contribution in [0.5, 0.6) is 23.0 Å². The summed E-state index contributed by atoms with van der Waals surface area (Å²) in [6, 6.07) is 11.9. The van der Waals surface area contributed by atoms with Crippen molar-refractivity contribution in [3.8, 4) is 23.0 Å². The fourth-order valence-corrected chi connectivity index (χ4v) is 2.08. The second-order valence-corrected chi connectivity index (χ2v) is 5.12. The number of amides is 1. The number of carbonyl (C=O) groups excluding carboxylic acids is 1. The van der Waals surface area contributed by atoms with Crippen LogP contribution < -0.4 is 19.6 Å². The molecule has 0 saturated carbocycles. The second kappa shape index (κ2) is 9.93. The molecule has 0 heterocycles. The highest BCUT2D eigenvalue weighted by atomic mass is 16.5. The summed E-state index contributed by atoms with van der Waals surface area (Å²) in [6.07, 6.45) is 1.34. The molecule has 138 valence electrons. The van der Waals surface area contributed by atoms with Crippen molar-refractivity contribution < 1.29 is 24.1 Å². The van der Waals surface area contributed by atoms with Crippen molar-refractivity contribution in [1.82, 2.24) is 5.43 Å². The first-order chi connectivity index (χ1) is 12.6. The van der Waals surface area contributed by atoms with Crippen molar-refractivity contribution in [2.24, 2.45) is 5.10 Å². The Morgan fingerprint density at radius 1 is 1.08 bits per heavy atom. The van der Waals surface area contributed by atoms with Crippen LogP contribution in [0.25, 0.3) is 0 Å². The minimum Gasteiger partial charge on any atom is -0.507 e. The fourth-order valence-electron chi connectivity index (χ4n) is 2.08. The highest BCUT2D eigenvalue weighted by Gasteiger charge is 2.07. The minimum atomic E-state index is -0.432. The Morgan fingerprint density at radius 3 is 2.42 bits per heavy atom. The van der Waals surface area contributed by atoms with E-state index in [4.69, 9.17) is 14.2 Å². The number of hydrogen-bond donors (Lipinski definition) is 2. The van der Waals surface area contributed by atoms with Crippen molar-refractivity contribution in [2.45, 2.75) is 13.8 Å². The van der Waals surface area contributed by atoms with Gasteiger partial charge in [-0.25, -0.2) is 5.43 Å². The molecule has 0 fully saturated rings. The first-order valence-corrected chi connectivity index (χ1v) is 8.26. The maximum Gasteiger partial charge on any atom is 0.277 e. The molecule has 0 bridgehead atoms. The smallest absolute Gasteiger partial charge is 0.277 e. The van der Waals surface area contributed by atoms with E-state index >= 15 is 0 Å². The zero-order valence-corrected chi connectivity index (χ0v) is 14.8. The Labute approximate surface area is 152 Å². The van der Waals surface area contributed by atoms with Crippen molar-refractivity contribution in [3.63, 3.8) is 0 Å². The third-order valence-corrected chi connectivity index (χ3v) is 3.21. The molecule has 2 N–H and O–H groups in total. The molecule has 0 spiro atoms. The van der Waals surface area contributed by atoms with Crippen molar-refractivity contribution in [1.29, 1.82) is 0 Å². The molecule has 0 atom stereocenters. The van der Waals surface area contributed by atoms with Gasteiger partial charge in [0.15, 0.2) is 18.1 Å². The summed E-state index contributed by atoms with van der Waals surface area (Å²) >= 11 is 0. The third-order valence-electron chi connectivity index (χ3n) is 3.21. The SMILES string of the molecule is CCOc1ccc(/C=N/NC(=O)COc2ccccc2OCC)c(O)c1. The lowest BCUT2D eigenvalue weighted by atomic mass is 10.2. The van der Waals surface area contributed by atoms with E-state index < -0.39 is 5.91 Å². The van der Waals surface area contributed by atoms with Crippen LogP contribution in [-0.4, -0.2) is 37.0 Å². The van der Waals surface area contributed by atoms with E-state index in [1.54, 1.807) is 30.3 Å². The van der Waals surface area contributed by atoms with Gasteiger partial charge in [-0.1, -0.05) is 12.1 Å². The summed E-state index contributed by atoms with van der Waals surface area (Å²) in [5.74, 6) is 1.20. The number of phenolic OH excluding ortho intramolecular Hbond substituents is 1. The lowest BCUT2D eigenvalue weighted by Crippen LogP contribution is -2.24. The van der Waals surface area contributed by atoms with Gasteiger partial charge in [0.25, 0.3) is 5.91 Å². The van der Waals surface area contributed by atoms with Crippen LogP contribution in [0.2, 0.25) is 0 Å². The highest BCUT2D eigenvalue weighted by molar-refractivity contribution is 5.85. The largest absolute Gasteiger partial charge is 0.507 e. The first-order valence-electron chi connectivity index (χ1n) is 8.26. The molecule has 1 amide bonds. The number of aromatic hydroxyl groups is 1. The maximum absolute atomic E-state index is 11.8. The van der Waals surface area contributed by atoms with Gasteiger partial charge in [0.2, 0.25) is 0 Å². The van der Waals surface area contributed by atoms with Gasteiger partial charge in [-0.05, 0) is 38.1 Å².